The minimum Gasteiger partial charge on any atom is -0.469 e. The molecule has 102 valence electrons. The monoisotopic (exact) mass is 257 g/mol. The Morgan fingerprint density at radius 1 is 1.33 bits per heavy atom. The first-order valence-corrected chi connectivity index (χ1v) is 6.02. The molecule has 0 N–H and O–H groups in total. The van der Waals surface area contributed by atoms with E-state index in [1.165, 1.54) is 7.11 Å². The summed E-state index contributed by atoms with van der Waals surface area (Å²) in [6.07, 6.45) is -0.665. The van der Waals surface area contributed by atoms with E-state index in [4.69, 9.17) is 14.2 Å². The number of amides is 1. The summed E-state index contributed by atoms with van der Waals surface area (Å²) in [7, 11) is 1.35. The summed E-state index contributed by atoms with van der Waals surface area (Å²) in [5, 5.41) is 0. The van der Waals surface area contributed by atoms with E-state index in [0.29, 0.717) is 13.2 Å². The van der Waals surface area contributed by atoms with Gasteiger partial charge in [-0.1, -0.05) is 0 Å². The molecule has 0 aliphatic carbocycles. The van der Waals surface area contributed by atoms with Crippen LogP contribution in [0.4, 0.5) is 4.79 Å². The maximum Gasteiger partial charge on any atom is 0.410 e. The number of hydrogen-bond donors (Lipinski definition) is 0. The van der Waals surface area contributed by atoms with Crippen molar-refractivity contribution >= 4 is 12.1 Å². The van der Waals surface area contributed by atoms with E-state index in [0.717, 1.165) is 0 Å². The molecule has 0 spiro atoms. The van der Waals surface area contributed by atoms with Gasteiger partial charge in [-0.15, -0.1) is 0 Å². The molecular weight excluding hydrogens is 238 g/mol. The summed E-state index contributed by atoms with van der Waals surface area (Å²) in [5.74, 6) is -0.712. The fraction of sp³-hybridized carbons (Fsp3) is 0.833. The quantitative estimate of drug-likeness (QED) is 0.650. The number of nitrogens with zero attached hydrogens (tertiary/aromatic N) is 1. The van der Waals surface area contributed by atoms with Crippen LogP contribution in [0.2, 0.25) is 0 Å². The van der Waals surface area contributed by atoms with Crippen LogP contribution in [0.1, 0.15) is 20.8 Å². The number of rotatable bonds is 1. The smallest absolute Gasteiger partial charge is 0.410 e. The minimum absolute atomic E-state index is 0.266. The van der Waals surface area contributed by atoms with E-state index in [-0.39, 0.29) is 24.0 Å². The predicted octanol–water partition coefficient (Wildman–Crippen LogP) is 0.794. The van der Waals surface area contributed by atoms with E-state index in [9.17, 15) is 9.59 Å². The molecule has 1 amide bonds. The third kappa shape index (κ3) is 2.29. The van der Waals surface area contributed by atoms with Crippen molar-refractivity contribution in [3.63, 3.8) is 0 Å². The number of esters is 1. The second-order valence-electron chi connectivity index (χ2n) is 5.62. The van der Waals surface area contributed by atoms with Crippen LogP contribution in [0.5, 0.6) is 0 Å². The van der Waals surface area contributed by atoms with Crippen molar-refractivity contribution in [2.75, 3.05) is 20.3 Å². The van der Waals surface area contributed by atoms with Crippen molar-refractivity contribution in [2.24, 2.45) is 5.92 Å². The van der Waals surface area contributed by atoms with Gasteiger partial charge in [-0.05, 0) is 20.8 Å². The first kappa shape index (κ1) is 13.1. The van der Waals surface area contributed by atoms with Crippen LogP contribution in [0.15, 0.2) is 0 Å². The molecule has 2 bridgehead atoms. The van der Waals surface area contributed by atoms with E-state index < -0.39 is 11.7 Å². The van der Waals surface area contributed by atoms with E-state index in [2.05, 4.69) is 0 Å². The summed E-state index contributed by atoms with van der Waals surface area (Å²) in [6, 6.07) is -0.266. The van der Waals surface area contributed by atoms with Crippen LogP contribution >= 0.6 is 0 Å². The number of carbonyl (C=O) groups is 2. The summed E-state index contributed by atoms with van der Waals surface area (Å²) < 4.78 is 15.5. The molecule has 0 unspecified atom stereocenters. The topological polar surface area (TPSA) is 65.1 Å². The molecule has 2 aliphatic rings. The Morgan fingerprint density at radius 2 is 2.00 bits per heavy atom. The standard InChI is InChI=1S/C12H19NO5/c1-12(2,3)18-11(15)13-5-8-9(10(14)16-4)7(13)6-17-8/h7-9H,5-6H2,1-4H3/t7-,8+,9+/m0/s1. The number of methoxy groups -OCH3 is 1. The first-order valence-electron chi connectivity index (χ1n) is 6.02. The lowest BCUT2D eigenvalue weighted by Crippen LogP contribution is -2.45. The van der Waals surface area contributed by atoms with Crippen LogP contribution in [-0.4, -0.2) is 55.0 Å². The van der Waals surface area contributed by atoms with Crippen molar-refractivity contribution in [1.82, 2.24) is 4.90 Å². The maximum atomic E-state index is 12.0. The average Bonchev–Trinajstić information content (AvgIpc) is 2.82. The van der Waals surface area contributed by atoms with Crippen molar-refractivity contribution in [3.05, 3.63) is 0 Å². The van der Waals surface area contributed by atoms with Crippen molar-refractivity contribution in [2.45, 2.75) is 38.5 Å². The Bertz CT molecular complexity index is 362. The SMILES string of the molecule is COC(=O)[C@H]1[C@H]2CN(C(=O)OC(C)(C)C)[C@H]1CO2. The molecule has 0 aromatic heterocycles. The summed E-state index contributed by atoms with van der Waals surface area (Å²) in [4.78, 5) is 25.2. The highest BCUT2D eigenvalue weighted by Crippen LogP contribution is 2.35. The maximum absolute atomic E-state index is 12.0. The molecule has 6 heteroatoms. The number of ether oxygens (including phenoxy) is 3. The molecule has 2 saturated heterocycles. The Labute approximate surface area is 106 Å². The van der Waals surface area contributed by atoms with Gasteiger partial charge >= 0.3 is 12.1 Å². The molecule has 2 fully saturated rings. The summed E-state index contributed by atoms with van der Waals surface area (Å²) in [6.45, 7) is 6.19. The number of likely N-dealkylation sites (tertiary alicyclic amines) is 1. The van der Waals surface area contributed by atoms with Gasteiger partial charge in [0, 0.05) is 0 Å². The third-order valence-electron chi connectivity index (χ3n) is 3.17. The van der Waals surface area contributed by atoms with Gasteiger partial charge in [0.2, 0.25) is 0 Å². The first-order chi connectivity index (χ1) is 8.33. The Kier molecular flexibility index (Phi) is 3.23. The largest absolute Gasteiger partial charge is 0.469 e. The molecule has 18 heavy (non-hydrogen) atoms. The van der Waals surface area contributed by atoms with Crippen LogP contribution in [0.25, 0.3) is 0 Å². The summed E-state index contributed by atoms with van der Waals surface area (Å²) in [5.41, 5.74) is -0.541. The highest BCUT2D eigenvalue weighted by Gasteiger charge is 2.54. The van der Waals surface area contributed by atoms with Crippen LogP contribution in [0, 0.1) is 5.92 Å². The third-order valence-corrected chi connectivity index (χ3v) is 3.17. The van der Waals surface area contributed by atoms with E-state index >= 15 is 0 Å². The molecule has 0 saturated carbocycles. The van der Waals surface area contributed by atoms with Crippen LogP contribution < -0.4 is 0 Å². The normalized spacial score (nSPS) is 30.4. The second kappa shape index (κ2) is 4.42. The van der Waals surface area contributed by atoms with Crippen LogP contribution in [0.3, 0.4) is 0 Å². The second-order valence-corrected chi connectivity index (χ2v) is 5.62. The highest BCUT2D eigenvalue weighted by molar-refractivity contribution is 5.78. The van der Waals surface area contributed by atoms with Gasteiger partial charge < -0.3 is 14.2 Å². The lowest BCUT2D eigenvalue weighted by Gasteiger charge is -2.30. The molecule has 0 aromatic carbocycles. The fourth-order valence-corrected chi connectivity index (χ4v) is 2.43. The van der Waals surface area contributed by atoms with Gasteiger partial charge in [0.1, 0.15) is 11.5 Å². The van der Waals surface area contributed by atoms with E-state index in [1.807, 2.05) is 20.8 Å². The lowest BCUT2D eigenvalue weighted by molar-refractivity contribution is -0.146. The minimum atomic E-state index is -0.541. The van der Waals surface area contributed by atoms with Gasteiger partial charge in [-0.25, -0.2) is 4.79 Å². The number of hydrogen-bond acceptors (Lipinski definition) is 5. The lowest BCUT2D eigenvalue weighted by atomic mass is 10.0. The number of morpholine rings is 1. The summed E-state index contributed by atoms with van der Waals surface area (Å²) >= 11 is 0. The Balaban J connectivity index is 2.06. The van der Waals surface area contributed by atoms with Gasteiger partial charge in [0.25, 0.3) is 0 Å². The molecule has 2 aliphatic heterocycles. The van der Waals surface area contributed by atoms with Crippen LogP contribution in [-0.2, 0) is 19.0 Å². The van der Waals surface area contributed by atoms with Gasteiger partial charge in [-0.3, -0.25) is 9.69 Å². The van der Waals surface area contributed by atoms with Crippen molar-refractivity contribution < 1.29 is 23.8 Å². The van der Waals surface area contributed by atoms with Crippen molar-refractivity contribution in [3.8, 4) is 0 Å². The molecule has 2 heterocycles. The Morgan fingerprint density at radius 3 is 2.56 bits per heavy atom. The molecule has 0 radical (unpaired) electrons. The van der Waals surface area contributed by atoms with Gasteiger partial charge in [-0.2, -0.15) is 0 Å². The van der Waals surface area contributed by atoms with Crippen molar-refractivity contribution in [1.29, 1.82) is 0 Å². The van der Waals surface area contributed by atoms with Gasteiger partial charge in [0.15, 0.2) is 0 Å². The van der Waals surface area contributed by atoms with E-state index in [1.54, 1.807) is 4.90 Å². The molecule has 2 rings (SSSR count). The fourth-order valence-electron chi connectivity index (χ4n) is 2.43. The molecule has 3 atom stereocenters. The zero-order valence-corrected chi connectivity index (χ0v) is 11.1. The zero-order chi connectivity index (χ0) is 13.5. The number of carbonyl (C=O) groups excluding carboxylic acids is 2. The predicted molar refractivity (Wildman–Crippen MR) is 62.0 cm³/mol. The average molecular weight is 257 g/mol. The molecule has 6 nitrogen and oxygen atoms in total. The molecule has 0 aromatic rings. The highest BCUT2D eigenvalue weighted by atomic mass is 16.6. The molecular formula is C12H19NO5. The van der Waals surface area contributed by atoms with Gasteiger partial charge in [0.05, 0.1) is 32.4 Å². The zero-order valence-electron chi connectivity index (χ0n) is 11.1. The Hall–Kier alpha value is -1.30. The number of fused-ring (bicyclic) bond motifs is 2.